The predicted molar refractivity (Wildman–Crippen MR) is 115 cm³/mol. The molecular weight excluding hydrogens is 426 g/mol. The first kappa shape index (κ1) is 23.2. The first-order valence-electron chi connectivity index (χ1n) is 8.70. The Balaban J connectivity index is 0.00000341. The minimum absolute atomic E-state index is 0. The molecule has 0 aliphatic rings. The molecule has 1 aromatic heterocycles. The number of aliphatic carboxylic acids is 1. The average Bonchev–Trinajstić information content (AvgIpc) is 3.19. The van der Waals surface area contributed by atoms with Crippen molar-refractivity contribution >= 4 is 46.9 Å². The van der Waals surface area contributed by atoms with Crippen LogP contribution in [0.1, 0.15) is 21.9 Å². The first-order valence-corrected chi connectivity index (χ1v) is 8.70. The third-order valence-corrected chi connectivity index (χ3v) is 4.01. The molecule has 1 amide bonds. The average molecular weight is 444 g/mol. The van der Waals surface area contributed by atoms with E-state index in [1.54, 1.807) is 36.4 Å². The maximum absolute atomic E-state index is 12.3. The van der Waals surface area contributed by atoms with Gasteiger partial charge >= 0.3 is 11.9 Å². The lowest BCUT2D eigenvalue weighted by molar-refractivity contribution is -0.131. The van der Waals surface area contributed by atoms with Crippen LogP contribution in [-0.2, 0) is 16.1 Å². The fourth-order valence-electron chi connectivity index (χ4n) is 2.57. The van der Waals surface area contributed by atoms with Crippen molar-refractivity contribution in [3.05, 3.63) is 77.8 Å². The van der Waals surface area contributed by atoms with Gasteiger partial charge in [-0.25, -0.2) is 9.59 Å². The van der Waals surface area contributed by atoms with E-state index >= 15 is 0 Å². The Kier molecular flexibility index (Phi) is 7.53. The van der Waals surface area contributed by atoms with Gasteiger partial charge in [-0.05, 0) is 41.1 Å². The van der Waals surface area contributed by atoms with Crippen LogP contribution in [0.2, 0.25) is 0 Å². The zero-order valence-corrected chi connectivity index (χ0v) is 16.8. The molecule has 0 fully saturated rings. The summed E-state index contributed by atoms with van der Waals surface area (Å²) in [5.41, 5.74) is 6.08. The van der Waals surface area contributed by atoms with Gasteiger partial charge in [0.1, 0.15) is 17.3 Å². The highest BCUT2D eigenvalue weighted by Crippen LogP contribution is 2.23. The number of halogens is 1. The van der Waals surface area contributed by atoms with E-state index in [0.29, 0.717) is 23.1 Å². The number of benzene rings is 2. The van der Waals surface area contributed by atoms with Crippen molar-refractivity contribution in [2.24, 2.45) is 5.73 Å². The Hall–Kier alpha value is -4.11. The summed E-state index contributed by atoms with van der Waals surface area (Å²) in [7, 11) is 0. The summed E-state index contributed by atoms with van der Waals surface area (Å²) in [6.07, 6.45) is 1.59. The Morgan fingerprint density at radius 2 is 1.77 bits per heavy atom. The largest absolute Gasteiger partial charge is 0.478 e. The molecule has 0 aliphatic carbocycles. The van der Waals surface area contributed by atoms with Crippen molar-refractivity contribution in [1.29, 1.82) is 5.41 Å². The van der Waals surface area contributed by atoms with E-state index in [-0.39, 0.29) is 30.5 Å². The zero-order valence-electron chi connectivity index (χ0n) is 16.0. The third kappa shape index (κ3) is 6.18. The number of nitrogens with one attached hydrogen (secondary N) is 2. The van der Waals surface area contributed by atoms with Crippen molar-refractivity contribution in [1.82, 2.24) is 5.32 Å². The molecule has 0 unspecified atom stereocenters. The van der Waals surface area contributed by atoms with Gasteiger partial charge in [0.25, 0.3) is 0 Å². The van der Waals surface area contributed by atoms with E-state index in [0.717, 1.165) is 16.8 Å². The fourth-order valence-corrected chi connectivity index (χ4v) is 2.57. The van der Waals surface area contributed by atoms with Crippen molar-refractivity contribution in [3.63, 3.8) is 0 Å². The molecule has 3 aromatic rings. The second kappa shape index (κ2) is 10.1. The van der Waals surface area contributed by atoms with Gasteiger partial charge in [-0.1, -0.05) is 18.2 Å². The number of amidine groups is 1. The van der Waals surface area contributed by atoms with Crippen LogP contribution >= 0.6 is 12.4 Å². The molecule has 31 heavy (non-hydrogen) atoms. The summed E-state index contributed by atoms with van der Waals surface area (Å²) in [4.78, 5) is 34.1. The molecule has 9 nitrogen and oxygen atoms in total. The quantitative estimate of drug-likeness (QED) is 0.144. The number of rotatable bonds is 7. The minimum atomic E-state index is -1.24. The lowest BCUT2D eigenvalue weighted by Crippen LogP contribution is -2.20. The van der Waals surface area contributed by atoms with Crippen molar-refractivity contribution < 1.29 is 28.6 Å². The molecule has 0 radical (unpaired) electrons. The van der Waals surface area contributed by atoms with Gasteiger partial charge in [-0.2, -0.15) is 0 Å². The molecule has 0 atom stereocenters. The number of amides is 1. The number of carbonyl (C=O) groups is 3. The van der Waals surface area contributed by atoms with Gasteiger partial charge in [0.05, 0.1) is 6.54 Å². The smallest absolute Gasteiger partial charge is 0.379 e. The highest BCUT2D eigenvalue weighted by Gasteiger charge is 2.14. The minimum Gasteiger partial charge on any atom is -0.478 e. The number of carboxylic acid groups (broad SMARTS) is 1. The van der Waals surface area contributed by atoms with Gasteiger partial charge in [0.15, 0.2) is 0 Å². The van der Waals surface area contributed by atoms with Crippen molar-refractivity contribution in [2.75, 3.05) is 0 Å². The number of fused-ring (bicyclic) bond motifs is 1. The molecule has 0 bridgehead atoms. The number of hydrogen-bond acceptors (Lipinski definition) is 6. The van der Waals surface area contributed by atoms with Gasteiger partial charge in [0, 0.05) is 17.7 Å². The van der Waals surface area contributed by atoms with Crippen LogP contribution in [0.3, 0.4) is 0 Å². The Bertz CT molecular complexity index is 1180. The van der Waals surface area contributed by atoms with Gasteiger partial charge in [-0.15, -0.1) is 12.4 Å². The molecule has 2 aromatic carbocycles. The molecule has 1 heterocycles. The fraction of sp³-hybridized carbons (Fsp3) is 0.0476. The maximum atomic E-state index is 12.3. The number of ether oxygens (including phenoxy) is 1. The molecule has 0 saturated heterocycles. The lowest BCUT2D eigenvalue weighted by Gasteiger charge is -2.06. The van der Waals surface area contributed by atoms with E-state index in [4.69, 9.17) is 25.4 Å². The van der Waals surface area contributed by atoms with E-state index < -0.39 is 17.8 Å². The van der Waals surface area contributed by atoms with Crippen LogP contribution in [0.25, 0.3) is 10.8 Å². The van der Waals surface area contributed by atoms with Gasteiger partial charge < -0.3 is 25.3 Å². The Morgan fingerprint density at radius 3 is 2.48 bits per heavy atom. The SMILES string of the molecule is Cl.N=C(N)c1ccc2cc(OC(=O)c3ccc(CNC(=O)C=CC(=O)O)o3)ccc2c1. The highest BCUT2D eigenvalue weighted by atomic mass is 35.5. The van der Waals surface area contributed by atoms with Crippen LogP contribution in [0, 0.1) is 5.41 Å². The summed E-state index contributed by atoms with van der Waals surface area (Å²) in [5.74, 6) is -2.02. The molecular formula is C21H18ClN3O6. The number of nitrogen functional groups attached to an aromatic ring is 1. The van der Waals surface area contributed by atoms with Crippen molar-refractivity contribution in [2.45, 2.75) is 6.54 Å². The normalized spacial score (nSPS) is 10.5. The number of nitrogens with two attached hydrogens (primary N) is 1. The monoisotopic (exact) mass is 443 g/mol. The standard InChI is InChI=1S/C21H17N3O6.ClH/c22-20(23)14-2-1-13-10-15(4-3-12(13)9-14)30-21(28)17-6-5-16(29-17)11-24-18(25)7-8-19(26)27;/h1-10H,11H2,(H3,22,23)(H,24,25)(H,26,27);1H. The third-order valence-electron chi connectivity index (χ3n) is 4.01. The van der Waals surface area contributed by atoms with Crippen LogP contribution in [-0.4, -0.2) is 28.8 Å². The van der Waals surface area contributed by atoms with Crippen LogP contribution < -0.4 is 15.8 Å². The van der Waals surface area contributed by atoms with Gasteiger partial charge in [-0.3, -0.25) is 10.2 Å². The predicted octanol–water partition coefficient (Wildman–Crippen LogP) is 2.61. The summed E-state index contributed by atoms with van der Waals surface area (Å²) < 4.78 is 10.7. The number of furan rings is 1. The topological polar surface area (TPSA) is 156 Å². The number of carbonyl (C=O) groups excluding carboxylic acids is 2. The highest BCUT2D eigenvalue weighted by molar-refractivity contribution is 5.99. The van der Waals surface area contributed by atoms with Crippen molar-refractivity contribution in [3.8, 4) is 5.75 Å². The van der Waals surface area contributed by atoms with Crippen LogP contribution in [0.15, 0.2) is 65.1 Å². The van der Waals surface area contributed by atoms with Crippen LogP contribution in [0.5, 0.6) is 5.75 Å². The second-order valence-corrected chi connectivity index (χ2v) is 6.18. The number of carboxylic acids is 1. The molecule has 0 saturated carbocycles. The van der Waals surface area contributed by atoms with E-state index in [2.05, 4.69) is 5.32 Å². The zero-order chi connectivity index (χ0) is 21.7. The summed E-state index contributed by atoms with van der Waals surface area (Å²) in [6, 6.07) is 13.2. The Labute approximate surface area is 182 Å². The van der Waals surface area contributed by atoms with E-state index in [1.807, 2.05) is 0 Å². The molecule has 10 heteroatoms. The molecule has 160 valence electrons. The Morgan fingerprint density at radius 1 is 1.06 bits per heavy atom. The second-order valence-electron chi connectivity index (χ2n) is 6.18. The first-order chi connectivity index (χ1) is 14.3. The lowest BCUT2D eigenvalue weighted by atomic mass is 10.1. The number of hydrogen-bond donors (Lipinski definition) is 4. The molecule has 5 N–H and O–H groups in total. The van der Waals surface area contributed by atoms with E-state index in [9.17, 15) is 14.4 Å². The molecule has 3 rings (SSSR count). The molecule has 0 spiro atoms. The number of esters is 1. The van der Waals surface area contributed by atoms with E-state index in [1.165, 1.54) is 12.1 Å². The van der Waals surface area contributed by atoms with Crippen LogP contribution in [0.4, 0.5) is 0 Å². The summed E-state index contributed by atoms with van der Waals surface area (Å²) in [6.45, 7) is -0.0233. The van der Waals surface area contributed by atoms with Gasteiger partial charge in [0.2, 0.25) is 11.7 Å². The maximum Gasteiger partial charge on any atom is 0.379 e. The summed E-state index contributed by atoms with van der Waals surface area (Å²) >= 11 is 0. The summed E-state index contributed by atoms with van der Waals surface area (Å²) in [5, 5.41) is 20.0. The molecule has 0 aliphatic heterocycles.